The molecule has 0 aliphatic carbocycles. The Morgan fingerprint density at radius 1 is 0.881 bits per heavy atom. The molecule has 3 heterocycles. The summed E-state index contributed by atoms with van der Waals surface area (Å²) in [5.74, 6) is 0.897. The maximum Gasteiger partial charge on any atom is 0.229 e. The normalized spacial score (nSPS) is 17.0. The zero-order valence-electron chi connectivity index (χ0n) is 24.8. The summed E-state index contributed by atoms with van der Waals surface area (Å²) < 4.78 is 13.5. The van der Waals surface area contributed by atoms with E-state index >= 15 is 0 Å². The molecule has 6 nitrogen and oxygen atoms in total. The molecule has 0 N–H and O–H groups in total. The molecule has 2 aliphatic heterocycles. The largest absolute Gasteiger partial charge is 0.494 e. The van der Waals surface area contributed by atoms with E-state index in [-0.39, 0.29) is 18.1 Å². The minimum atomic E-state index is -0.221. The van der Waals surface area contributed by atoms with Gasteiger partial charge in [0.15, 0.2) is 0 Å². The Bertz CT molecular complexity index is 1490. The lowest BCUT2D eigenvalue weighted by atomic mass is 9.77. The number of rotatable bonds is 11. The number of benzene rings is 3. The van der Waals surface area contributed by atoms with Crippen molar-refractivity contribution in [2.45, 2.75) is 45.1 Å². The van der Waals surface area contributed by atoms with E-state index in [1.165, 1.54) is 15.8 Å². The van der Waals surface area contributed by atoms with Crippen molar-refractivity contribution < 1.29 is 14.3 Å². The van der Waals surface area contributed by atoms with Crippen molar-refractivity contribution in [1.29, 1.82) is 0 Å². The molecule has 4 aromatic rings. The van der Waals surface area contributed by atoms with Crippen molar-refractivity contribution in [3.63, 3.8) is 0 Å². The Labute approximate surface area is 253 Å². The molecule has 0 unspecified atom stereocenters. The van der Waals surface area contributed by atoms with Crippen molar-refractivity contribution in [2.24, 2.45) is 0 Å². The van der Waals surface area contributed by atoms with E-state index in [1.807, 2.05) is 53.8 Å². The second kappa shape index (κ2) is 12.9. The van der Waals surface area contributed by atoms with Gasteiger partial charge in [0, 0.05) is 59.9 Å². The summed E-state index contributed by atoms with van der Waals surface area (Å²) in [5, 5.41) is 3.57. The van der Waals surface area contributed by atoms with Crippen LogP contribution in [0.1, 0.15) is 44.2 Å². The molecule has 3 aromatic carbocycles. The number of carbonyl (C=O) groups excluding carboxylic acids is 1. The number of nitrogens with zero attached hydrogens (tertiary/aromatic N) is 3. The first kappa shape index (κ1) is 28.7. The Morgan fingerprint density at radius 2 is 1.71 bits per heavy atom. The zero-order valence-corrected chi connectivity index (χ0v) is 25.6. The van der Waals surface area contributed by atoms with Crippen molar-refractivity contribution in [3.8, 4) is 5.75 Å². The van der Waals surface area contributed by atoms with Gasteiger partial charge in [-0.3, -0.25) is 14.6 Å². The minimum Gasteiger partial charge on any atom is -0.494 e. The van der Waals surface area contributed by atoms with Crippen LogP contribution < -0.4 is 14.5 Å². The number of hydrogen-bond acceptors (Lipinski definition) is 6. The van der Waals surface area contributed by atoms with Gasteiger partial charge in [-0.15, -0.1) is 11.3 Å². The van der Waals surface area contributed by atoms with E-state index < -0.39 is 0 Å². The average molecular weight is 584 g/mol. The molecule has 7 heteroatoms. The highest BCUT2D eigenvalue weighted by molar-refractivity contribution is 7.17. The summed E-state index contributed by atoms with van der Waals surface area (Å²) in [7, 11) is 0. The molecule has 42 heavy (non-hydrogen) atoms. The van der Waals surface area contributed by atoms with Gasteiger partial charge in [0.25, 0.3) is 0 Å². The molecule has 1 aromatic heterocycles. The number of unbranched alkanes of at least 4 members (excludes halogenated alkanes) is 1. The highest BCUT2D eigenvalue weighted by atomic mass is 32.1. The number of hydrogen-bond donors (Lipinski definition) is 0. The van der Waals surface area contributed by atoms with Gasteiger partial charge >= 0.3 is 0 Å². The number of piperazine rings is 1. The zero-order chi connectivity index (χ0) is 28.9. The van der Waals surface area contributed by atoms with E-state index in [4.69, 9.17) is 9.47 Å². The van der Waals surface area contributed by atoms with Gasteiger partial charge in [0.1, 0.15) is 12.5 Å². The number of carbonyl (C=O) groups is 1. The van der Waals surface area contributed by atoms with E-state index in [0.717, 1.165) is 68.1 Å². The maximum atomic E-state index is 13.1. The van der Waals surface area contributed by atoms with Crippen LogP contribution in [-0.4, -0.2) is 56.9 Å². The summed E-state index contributed by atoms with van der Waals surface area (Å²) >= 11 is 1.82. The third-order valence-corrected chi connectivity index (χ3v) is 9.42. The molecular weight excluding hydrogens is 542 g/mol. The molecule has 0 saturated carbocycles. The monoisotopic (exact) mass is 583 g/mol. The fourth-order valence-corrected chi connectivity index (χ4v) is 6.97. The Hall–Kier alpha value is -3.39. The van der Waals surface area contributed by atoms with E-state index in [1.54, 1.807) is 4.90 Å². The third kappa shape index (κ3) is 6.48. The molecule has 1 fully saturated rings. The van der Waals surface area contributed by atoms with Gasteiger partial charge < -0.3 is 14.4 Å². The Morgan fingerprint density at radius 3 is 2.55 bits per heavy atom. The fraction of sp³-hybridized carbons (Fsp3) is 0.400. The number of ether oxygens (including phenoxy) is 2. The molecular formula is C35H41N3O3S. The Balaban J connectivity index is 0.978. The van der Waals surface area contributed by atoms with Crippen molar-refractivity contribution in [2.75, 3.05) is 55.9 Å². The summed E-state index contributed by atoms with van der Waals surface area (Å²) in [4.78, 5) is 20.0. The van der Waals surface area contributed by atoms with Crippen LogP contribution in [0.3, 0.4) is 0 Å². The van der Waals surface area contributed by atoms with Crippen LogP contribution in [0.25, 0.3) is 10.1 Å². The van der Waals surface area contributed by atoms with Gasteiger partial charge in [0.2, 0.25) is 5.91 Å². The van der Waals surface area contributed by atoms with Gasteiger partial charge in [-0.1, -0.05) is 56.3 Å². The van der Waals surface area contributed by atoms with Crippen LogP contribution in [0.4, 0.5) is 11.4 Å². The van der Waals surface area contributed by atoms with E-state index in [2.05, 4.69) is 59.4 Å². The first-order valence-corrected chi connectivity index (χ1v) is 16.0. The van der Waals surface area contributed by atoms with Crippen molar-refractivity contribution >= 4 is 38.7 Å². The average Bonchev–Trinajstić information content (AvgIpc) is 3.49. The Kier molecular flexibility index (Phi) is 8.79. The molecule has 0 spiro atoms. The number of anilines is 2. The van der Waals surface area contributed by atoms with Gasteiger partial charge in [-0.05, 0) is 60.2 Å². The SMILES string of the molecule is CC1(C)CC(=O)N(COCc2ccccc2)c2cc(OCCCCN3CCN(c4cccc5sccc45)CC3)ccc21. The predicted molar refractivity (Wildman–Crippen MR) is 173 cm³/mol. The molecule has 220 valence electrons. The molecule has 6 rings (SSSR count). The first-order valence-electron chi connectivity index (χ1n) is 15.1. The molecule has 0 bridgehead atoms. The highest BCUT2D eigenvalue weighted by Gasteiger charge is 2.37. The summed E-state index contributed by atoms with van der Waals surface area (Å²) in [6.45, 7) is 11.1. The lowest BCUT2D eigenvalue weighted by Crippen LogP contribution is -2.46. The van der Waals surface area contributed by atoms with Crippen molar-refractivity contribution in [3.05, 3.63) is 89.3 Å². The number of amides is 1. The number of thiophene rings is 1. The minimum absolute atomic E-state index is 0.0878. The van der Waals surface area contributed by atoms with Crippen LogP contribution in [0, 0.1) is 0 Å². The van der Waals surface area contributed by atoms with Crippen molar-refractivity contribution in [1.82, 2.24) is 4.90 Å². The molecule has 0 radical (unpaired) electrons. The molecule has 1 saturated heterocycles. The third-order valence-electron chi connectivity index (χ3n) is 8.54. The van der Waals surface area contributed by atoms with Gasteiger partial charge in [-0.2, -0.15) is 0 Å². The van der Waals surface area contributed by atoms with E-state index in [9.17, 15) is 4.79 Å². The van der Waals surface area contributed by atoms with E-state index in [0.29, 0.717) is 19.6 Å². The van der Waals surface area contributed by atoms with Gasteiger partial charge in [0.05, 0.1) is 18.9 Å². The standard InChI is InChI=1S/C35H41N3O3S/c1-35(2)24-34(39)38(26-40-25-27-9-4-3-5-10-27)32-23-28(13-14-30(32)35)41-21-7-6-16-36-17-19-37(20-18-36)31-11-8-12-33-29(31)15-22-42-33/h3-5,8-15,22-23H,6-7,16-21,24-26H2,1-2H3. The lowest BCUT2D eigenvalue weighted by Gasteiger charge is -2.38. The first-order chi connectivity index (χ1) is 20.5. The van der Waals surface area contributed by atoms with Crippen LogP contribution in [0.2, 0.25) is 0 Å². The molecule has 2 aliphatic rings. The maximum absolute atomic E-state index is 13.1. The van der Waals surface area contributed by atoms with Crippen LogP contribution in [0.5, 0.6) is 5.75 Å². The van der Waals surface area contributed by atoms with Gasteiger partial charge in [-0.25, -0.2) is 0 Å². The highest BCUT2D eigenvalue weighted by Crippen LogP contribution is 2.42. The van der Waals surface area contributed by atoms with Crippen LogP contribution >= 0.6 is 11.3 Å². The summed E-state index contributed by atoms with van der Waals surface area (Å²) in [6, 6.07) is 25.2. The van der Waals surface area contributed by atoms with Crippen LogP contribution in [0.15, 0.2) is 78.2 Å². The van der Waals surface area contributed by atoms with Crippen LogP contribution in [-0.2, 0) is 21.6 Å². The molecule has 1 amide bonds. The fourth-order valence-electron chi connectivity index (χ4n) is 6.16. The quantitative estimate of drug-likeness (QED) is 0.177. The number of fused-ring (bicyclic) bond motifs is 2. The smallest absolute Gasteiger partial charge is 0.229 e. The summed E-state index contributed by atoms with van der Waals surface area (Å²) in [5.41, 5.74) is 4.31. The topological polar surface area (TPSA) is 45.3 Å². The lowest BCUT2D eigenvalue weighted by molar-refractivity contribution is -0.121. The predicted octanol–water partition coefficient (Wildman–Crippen LogP) is 7.07. The molecule has 0 atom stereocenters. The summed E-state index contributed by atoms with van der Waals surface area (Å²) in [6.07, 6.45) is 2.57. The second-order valence-corrected chi connectivity index (χ2v) is 13.0. The second-order valence-electron chi connectivity index (χ2n) is 12.0.